The number of hydrogen-bond donors (Lipinski definition) is 2. The van der Waals surface area contributed by atoms with Crippen LogP contribution in [0, 0.1) is 6.54 Å². The first-order valence-electron chi connectivity index (χ1n) is 6.88. The van der Waals surface area contributed by atoms with Gasteiger partial charge in [0, 0.05) is 27.3 Å². The second-order valence-corrected chi connectivity index (χ2v) is 4.37. The van der Waals surface area contributed by atoms with Crippen LogP contribution in [0.25, 0.3) is 0 Å². The van der Waals surface area contributed by atoms with Gasteiger partial charge in [-0.1, -0.05) is 64.7 Å². The Morgan fingerprint density at radius 3 is 1.67 bits per heavy atom. The molecule has 0 saturated carbocycles. The fourth-order valence-corrected chi connectivity index (χ4v) is 1.57. The summed E-state index contributed by atoms with van der Waals surface area (Å²) in [5, 5.41) is 7.42. The number of carboxylic acid groups (broad SMARTS) is 1. The first-order chi connectivity index (χ1) is 8.15. The Kier molecular flexibility index (Phi) is 28.7. The fraction of sp³-hybridized carbons (Fsp3) is 0.857. The molecule has 0 aromatic carbocycles. The number of nitrogens with two attached hydrogens (primary N) is 1. The Balaban J connectivity index is -0.000000392. The maximum Gasteiger partial charge on any atom is 0.300 e. The summed E-state index contributed by atoms with van der Waals surface area (Å²) >= 11 is 0. The molecular formula is C14H30NO2Pd-. The molecule has 4 heteroatoms. The second kappa shape index (κ2) is 22.3. The molecule has 0 radical (unpaired) electrons. The molecule has 0 rings (SSSR count). The molecule has 0 unspecified atom stereocenters. The third-order valence-electron chi connectivity index (χ3n) is 2.47. The van der Waals surface area contributed by atoms with E-state index in [1.807, 2.05) is 0 Å². The average Bonchev–Trinajstić information content (AvgIpc) is 2.26. The Morgan fingerprint density at radius 1 is 1.00 bits per heavy atom. The van der Waals surface area contributed by atoms with Gasteiger partial charge in [-0.2, -0.15) is 6.42 Å². The van der Waals surface area contributed by atoms with Crippen LogP contribution in [0.3, 0.4) is 0 Å². The first kappa shape index (κ1) is 23.2. The standard InChI is InChI=1S/C12H26N.C2H4O2.Pd/c1-2-3-4-5-6-7-8-9-10-11-12-13;1-2(3)4;/h12H,2-11,13H2,1H3;1H3,(H,3,4);/q-1;;. The quantitative estimate of drug-likeness (QED) is 0.354. The summed E-state index contributed by atoms with van der Waals surface area (Å²) in [4.78, 5) is 9.00. The molecule has 114 valence electrons. The van der Waals surface area contributed by atoms with Gasteiger partial charge in [-0.15, -0.1) is 0 Å². The van der Waals surface area contributed by atoms with E-state index in [0.29, 0.717) is 0 Å². The number of carboxylic acids is 1. The van der Waals surface area contributed by atoms with Gasteiger partial charge in [-0.05, 0) is 0 Å². The second-order valence-electron chi connectivity index (χ2n) is 4.37. The van der Waals surface area contributed by atoms with Crippen LogP contribution in [0.5, 0.6) is 0 Å². The molecule has 3 N–H and O–H groups in total. The van der Waals surface area contributed by atoms with E-state index < -0.39 is 5.97 Å². The molecule has 0 aromatic rings. The minimum absolute atomic E-state index is 0. The van der Waals surface area contributed by atoms with Crippen molar-refractivity contribution in [2.24, 2.45) is 5.73 Å². The molecule has 0 saturated heterocycles. The molecular weight excluding hydrogens is 321 g/mol. The van der Waals surface area contributed by atoms with Gasteiger partial charge >= 0.3 is 0 Å². The zero-order valence-electron chi connectivity index (χ0n) is 11.9. The van der Waals surface area contributed by atoms with E-state index in [0.717, 1.165) is 13.3 Å². The van der Waals surface area contributed by atoms with Crippen molar-refractivity contribution in [2.75, 3.05) is 0 Å². The SMILES string of the molecule is CC(=O)O.CCCCCCCCCCC[CH-]N.[Pd]. The predicted octanol–water partition coefficient (Wildman–Crippen LogP) is 4.12. The van der Waals surface area contributed by atoms with Gasteiger partial charge in [0.05, 0.1) is 0 Å². The van der Waals surface area contributed by atoms with Crippen LogP contribution in [-0.2, 0) is 25.2 Å². The molecule has 0 fully saturated rings. The van der Waals surface area contributed by atoms with Crippen LogP contribution in [0.15, 0.2) is 0 Å². The Hall–Kier alpha value is 0.0923. The van der Waals surface area contributed by atoms with Gasteiger partial charge in [0.1, 0.15) is 0 Å². The zero-order valence-corrected chi connectivity index (χ0v) is 13.5. The van der Waals surface area contributed by atoms with Gasteiger partial charge in [-0.25, -0.2) is 0 Å². The van der Waals surface area contributed by atoms with Crippen molar-refractivity contribution >= 4 is 5.97 Å². The molecule has 0 atom stereocenters. The van der Waals surface area contributed by atoms with E-state index in [1.54, 1.807) is 6.54 Å². The van der Waals surface area contributed by atoms with E-state index >= 15 is 0 Å². The smallest absolute Gasteiger partial charge is 0.300 e. The Labute approximate surface area is 127 Å². The van der Waals surface area contributed by atoms with Crippen LogP contribution in [0.1, 0.15) is 78.1 Å². The summed E-state index contributed by atoms with van der Waals surface area (Å²) in [5.74, 6) is -0.833. The molecule has 0 bridgehead atoms. The number of hydrogen-bond acceptors (Lipinski definition) is 2. The minimum atomic E-state index is -0.833. The number of carbonyl (C=O) groups is 1. The summed E-state index contributed by atoms with van der Waals surface area (Å²) in [5.41, 5.74) is 5.30. The summed E-state index contributed by atoms with van der Waals surface area (Å²) < 4.78 is 0. The van der Waals surface area contributed by atoms with Crippen molar-refractivity contribution in [1.29, 1.82) is 0 Å². The van der Waals surface area contributed by atoms with Crippen molar-refractivity contribution in [3.05, 3.63) is 6.54 Å². The van der Waals surface area contributed by atoms with Crippen LogP contribution in [0.4, 0.5) is 0 Å². The van der Waals surface area contributed by atoms with Crippen LogP contribution in [0.2, 0.25) is 0 Å². The molecule has 0 heterocycles. The molecule has 18 heavy (non-hydrogen) atoms. The molecule has 3 nitrogen and oxygen atoms in total. The van der Waals surface area contributed by atoms with Crippen molar-refractivity contribution < 1.29 is 30.3 Å². The summed E-state index contributed by atoms with van der Waals surface area (Å²) in [6.07, 6.45) is 13.7. The van der Waals surface area contributed by atoms with E-state index in [9.17, 15) is 0 Å². The number of aliphatic carboxylic acids is 1. The molecule has 0 aromatic heterocycles. The van der Waals surface area contributed by atoms with Gasteiger partial charge in [0.15, 0.2) is 0 Å². The van der Waals surface area contributed by atoms with Crippen molar-refractivity contribution in [2.45, 2.75) is 78.1 Å². The maximum atomic E-state index is 9.00. The van der Waals surface area contributed by atoms with Crippen molar-refractivity contribution in [3.8, 4) is 0 Å². The van der Waals surface area contributed by atoms with Gasteiger partial charge in [0.2, 0.25) is 0 Å². The molecule has 0 spiro atoms. The van der Waals surface area contributed by atoms with Gasteiger partial charge in [-0.3, -0.25) is 11.3 Å². The monoisotopic (exact) mass is 350 g/mol. The van der Waals surface area contributed by atoms with Crippen LogP contribution >= 0.6 is 0 Å². The van der Waals surface area contributed by atoms with Crippen LogP contribution < -0.4 is 5.73 Å². The summed E-state index contributed by atoms with van der Waals surface area (Å²) in [6, 6.07) is 0. The molecule has 0 aliphatic rings. The topological polar surface area (TPSA) is 63.3 Å². The average molecular weight is 351 g/mol. The molecule has 0 aliphatic carbocycles. The minimum Gasteiger partial charge on any atom is -0.483 e. The van der Waals surface area contributed by atoms with Crippen molar-refractivity contribution in [1.82, 2.24) is 0 Å². The van der Waals surface area contributed by atoms with Crippen LogP contribution in [-0.4, -0.2) is 11.1 Å². The normalized spacial score (nSPS) is 9.06. The number of rotatable bonds is 10. The summed E-state index contributed by atoms with van der Waals surface area (Å²) in [7, 11) is 0. The zero-order chi connectivity index (χ0) is 13.4. The first-order valence-corrected chi connectivity index (χ1v) is 6.88. The number of unbranched alkanes of at least 4 members (excludes halogenated alkanes) is 9. The molecule has 0 amide bonds. The van der Waals surface area contributed by atoms with Crippen molar-refractivity contribution in [3.63, 3.8) is 0 Å². The fourth-order valence-electron chi connectivity index (χ4n) is 1.57. The molecule has 0 aliphatic heterocycles. The third-order valence-corrected chi connectivity index (χ3v) is 2.47. The van der Waals surface area contributed by atoms with E-state index in [4.69, 9.17) is 15.6 Å². The largest absolute Gasteiger partial charge is 0.483 e. The predicted molar refractivity (Wildman–Crippen MR) is 73.6 cm³/mol. The van der Waals surface area contributed by atoms with Gasteiger partial charge in [0.25, 0.3) is 5.97 Å². The van der Waals surface area contributed by atoms with Gasteiger partial charge < -0.3 is 10.8 Å². The Bertz CT molecular complexity index is 141. The summed E-state index contributed by atoms with van der Waals surface area (Å²) in [6.45, 7) is 5.13. The Morgan fingerprint density at radius 2 is 1.33 bits per heavy atom. The van der Waals surface area contributed by atoms with E-state index in [-0.39, 0.29) is 20.4 Å². The third kappa shape index (κ3) is 36.0. The van der Waals surface area contributed by atoms with E-state index in [2.05, 4.69) is 6.92 Å². The van der Waals surface area contributed by atoms with E-state index in [1.165, 1.54) is 57.8 Å². The maximum absolute atomic E-state index is 9.00.